The summed E-state index contributed by atoms with van der Waals surface area (Å²) in [6, 6.07) is 0. The number of hydrogen-bond donors (Lipinski definition) is 3. The molecule has 5 heteroatoms. The average Bonchev–Trinajstić information content (AvgIpc) is 2.31. The van der Waals surface area contributed by atoms with Crippen molar-refractivity contribution in [3.63, 3.8) is 0 Å². The smallest absolute Gasteiger partial charge is 0.407 e. The van der Waals surface area contributed by atoms with E-state index in [9.17, 15) is 4.79 Å². The van der Waals surface area contributed by atoms with Gasteiger partial charge in [0.05, 0.1) is 0 Å². The van der Waals surface area contributed by atoms with E-state index in [0.717, 1.165) is 19.5 Å². The molecule has 0 fully saturated rings. The van der Waals surface area contributed by atoms with Gasteiger partial charge in [-0.3, -0.25) is 0 Å². The summed E-state index contributed by atoms with van der Waals surface area (Å²) in [6.07, 6.45) is 0.456. The summed E-state index contributed by atoms with van der Waals surface area (Å²) < 4.78 is 5.24. The Kier molecular flexibility index (Phi) is 9.62. The van der Waals surface area contributed by atoms with Crippen LogP contribution in [0.2, 0.25) is 0 Å². The van der Waals surface area contributed by atoms with E-state index in [4.69, 9.17) is 9.84 Å². The number of carbonyl (C=O) groups is 1. The van der Waals surface area contributed by atoms with Gasteiger partial charge in [0.25, 0.3) is 0 Å². The lowest BCUT2D eigenvalue weighted by Crippen LogP contribution is -2.40. The topological polar surface area (TPSA) is 70.6 Å². The number of aliphatic hydroxyl groups is 1. The van der Waals surface area contributed by atoms with Gasteiger partial charge in [-0.25, -0.2) is 4.79 Å². The molecule has 1 amide bonds. The van der Waals surface area contributed by atoms with Crippen molar-refractivity contribution >= 4 is 6.09 Å². The van der Waals surface area contributed by atoms with Gasteiger partial charge in [-0.05, 0) is 58.0 Å². The van der Waals surface area contributed by atoms with Crippen LogP contribution in [0.5, 0.6) is 0 Å². The normalized spacial score (nSPS) is 14.9. The lowest BCUT2D eigenvalue weighted by Gasteiger charge is -2.24. The predicted octanol–water partition coefficient (Wildman–Crippen LogP) is 2.39. The van der Waals surface area contributed by atoms with E-state index in [2.05, 4.69) is 31.4 Å². The van der Waals surface area contributed by atoms with Crippen LogP contribution >= 0.6 is 0 Å². The molecule has 0 saturated heterocycles. The van der Waals surface area contributed by atoms with Gasteiger partial charge in [-0.15, -0.1) is 0 Å². The maximum atomic E-state index is 11.7. The highest BCUT2D eigenvalue weighted by molar-refractivity contribution is 5.67. The van der Waals surface area contributed by atoms with Gasteiger partial charge >= 0.3 is 6.09 Å². The molecule has 0 saturated carbocycles. The fraction of sp³-hybridized carbons (Fsp3) is 0.938. The van der Waals surface area contributed by atoms with Crippen LogP contribution in [0.15, 0.2) is 0 Å². The molecule has 0 aliphatic rings. The van der Waals surface area contributed by atoms with Crippen LogP contribution in [0.3, 0.4) is 0 Å². The predicted molar refractivity (Wildman–Crippen MR) is 86.3 cm³/mol. The van der Waals surface area contributed by atoms with Crippen molar-refractivity contribution in [1.82, 2.24) is 10.6 Å². The Morgan fingerprint density at radius 1 is 1.14 bits per heavy atom. The zero-order chi connectivity index (χ0) is 16.5. The van der Waals surface area contributed by atoms with Gasteiger partial charge in [-0.2, -0.15) is 0 Å². The van der Waals surface area contributed by atoms with Gasteiger partial charge in [0, 0.05) is 13.2 Å². The molecule has 0 aromatic carbocycles. The van der Waals surface area contributed by atoms with E-state index >= 15 is 0 Å². The van der Waals surface area contributed by atoms with Crippen LogP contribution < -0.4 is 10.6 Å². The lowest BCUT2D eigenvalue weighted by atomic mass is 9.95. The van der Waals surface area contributed by atoms with Crippen LogP contribution in [0, 0.1) is 17.8 Å². The molecule has 2 atom stereocenters. The first kappa shape index (κ1) is 20.2. The van der Waals surface area contributed by atoms with Crippen LogP contribution in [0.1, 0.15) is 48.0 Å². The van der Waals surface area contributed by atoms with E-state index in [0.29, 0.717) is 24.3 Å². The second-order valence-corrected chi connectivity index (χ2v) is 7.16. The van der Waals surface area contributed by atoms with Crippen molar-refractivity contribution < 1.29 is 14.6 Å². The van der Waals surface area contributed by atoms with Gasteiger partial charge in [-0.1, -0.05) is 20.8 Å². The standard InChI is InChI=1S/C16H34N2O3/c1-12(2)14(10-17-9-13(3)7-8-19)11-18-15(20)21-16(4,5)6/h12-14,17,19H,7-11H2,1-6H3,(H,18,20). The second-order valence-electron chi connectivity index (χ2n) is 7.16. The van der Waals surface area contributed by atoms with Crippen molar-refractivity contribution in [2.75, 3.05) is 26.2 Å². The number of nitrogens with one attached hydrogen (secondary N) is 2. The van der Waals surface area contributed by atoms with Gasteiger partial charge in [0.1, 0.15) is 5.60 Å². The highest BCUT2D eigenvalue weighted by Gasteiger charge is 2.19. The molecule has 2 unspecified atom stereocenters. The minimum atomic E-state index is -0.463. The highest BCUT2D eigenvalue weighted by atomic mass is 16.6. The molecule has 0 aliphatic carbocycles. The lowest BCUT2D eigenvalue weighted by molar-refractivity contribution is 0.0514. The Bertz CT molecular complexity index is 288. The Balaban J connectivity index is 4.05. The number of amides is 1. The molecule has 0 bridgehead atoms. The number of alkyl carbamates (subject to hydrolysis) is 1. The molecule has 0 aromatic rings. The first-order valence-corrected chi connectivity index (χ1v) is 7.94. The van der Waals surface area contributed by atoms with Crippen LogP contribution in [-0.2, 0) is 4.74 Å². The summed E-state index contributed by atoms with van der Waals surface area (Å²) in [5.74, 6) is 1.29. The number of aliphatic hydroxyl groups excluding tert-OH is 1. The average molecular weight is 302 g/mol. The fourth-order valence-electron chi connectivity index (χ4n) is 1.91. The van der Waals surface area contributed by atoms with E-state index in [1.807, 2.05) is 20.8 Å². The summed E-state index contributed by atoms with van der Waals surface area (Å²) in [4.78, 5) is 11.7. The third-order valence-corrected chi connectivity index (χ3v) is 3.37. The third kappa shape index (κ3) is 11.5. The van der Waals surface area contributed by atoms with E-state index in [1.165, 1.54) is 0 Å². The van der Waals surface area contributed by atoms with Crippen molar-refractivity contribution in [1.29, 1.82) is 0 Å². The van der Waals surface area contributed by atoms with Crippen molar-refractivity contribution in [2.45, 2.75) is 53.6 Å². The second kappa shape index (κ2) is 10.0. The minimum Gasteiger partial charge on any atom is -0.444 e. The largest absolute Gasteiger partial charge is 0.444 e. The molecular weight excluding hydrogens is 268 g/mol. The Morgan fingerprint density at radius 3 is 2.24 bits per heavy atom. The number of rotatable bonds is 9. The molecule has 0 radical (unpaired) electrons. The Morgan fingerprint density at radius 2 is 1.76 bits per heavy atom. The Hall–Kier alpha value is -0.810. The quantitative estimate of drug-likeness (QED) is 0.611. The summed E-state index contributed by atoms with van der Waals surface area (Å²) in [7, 11) is 0. The van der Waals surface area contributed by atoms with E-state index in [1.54, 1.807) is 0 Å². The molecule has 5 nitrogen and oxygen atoms in total. The summed E-state index contributed by atoms with van der Waals surface area (Å²) in [6.45, 7) is 14.6. The van der Waals surface area contributed by atoms with Crippen molar-refractivity contribution in [3.05, 3.63) is 0 Å². The summed E-state index contributed by atoms with van der Waals surface area (Å²) in [5, 5.41) is 15.1. The number of carbonyl (C=O) groups excluding carboxylic acids is 1. The maximum Gasteiger partial charge on any atom is 0.407 e. The summed E-state index contributed by atoms with van der Waals surface area (Å²) in [5.41, 5.74) is -0.463. The monoisotopic (exact) mass is 302 g/mol. The zero-order valence-corrected chi connectivity index (χ0v) is 14.5. The van der Waals surface area contributed by atoms with Gasteiger partial charge in [0.2, 0.25) is 0 Å². The first-order valence-electron chi connectivity index (χ1n) is 7.94. The molecular formula is C16H34N2O3. The van der Waals surface area contributed by atoms with Crippen LogP contribution in [0.25, 0.3) is 0 Å². The van der Waals surface area contributed by atoms with Gasteiger partial charge in [0.15, 0.2) is 0 Å². The van der Waals surface area contributed by atoms with Gasteiger partial charge < -0.3 is 20.5 Å². The molecule has 0 rings (SSSR count). The molecule has 21 heavy (non-hydrogen) atoms. The molecule has 3 N–H and O–H groups in total. The maximum absolute atomic E-state index is 11.7. The summed E-state index contributed by atoms with van der Waals surface area (Å²) >= 11 is 0. The van der Waals surface area contributed by atoms with Crippen molar-refractivity contribution in [3.8, 4) is 0 Å². The van der Waals surface area contributed by atoms with Crippen molar-refractivity contribution in [2.24, 2.45) is 17.8 Å². The number of hydrogen-bond acceptors (Lipinski definition) is 4. The van der Waals surface area contributed by atoms with E-state index < -0.39 is 5.60 Å². The molecule has 126 valence electrons. The van der Waals surface area contributed by atoms with Crippen LogP contribution in [-0.4, -0.2) is 43.0 Å². The molecule has 0 heterocycles. The van der Waals surface area contributed by atoms with Crippen LogP contribution in [0.4, 0.5) is 4.79 Å². The minimum absolute atomic E-state index is 0.233. The Labute approximate surface area is 129 Å². The fourth-order valence-corrected chi connectivity index (χ4v) is 1.91. The molecule has 0 aromatic heterocycles. The first-order chi connectivity index (χ1) is 9.65. The SMILES string of the molecule is CC(CCO)CNCC(CNC(=O)OC(C)(C)C)C(C)C. The third-order valence-electron chi connectivity index (χ3n) is 3.37. The van der Waals surface area contributed by atoms with E-state index in [-0.39, 0.29) is 12.7 Å². The number of ether oxygens (including phenoxy) is 1. The molecule has 0 aliphatic heterocycles. The highest BCUT2D eigenvalue weighted by Crippen LogP contribution is 2.10. The zero-order valence-electron chi connectivity index (χ0n) is 14.5. The molecule has 0 spiro atoms.